The van der Waals surface area contributed by atoms with E-state index in [1.165, 1.54) is 0 Å². The molecule has 1 atom stereocenters. The number of nitrogens with one attached hydrogen (secondary N) is 1. The van der Waals surface area contributed by atoms with Crippen LogP contribution < -0.4 is 16.4 Å². The summed E-state index contributed by atoms with van der Waals surface area (Å²) in [5.41, 5.74) is 7.40. The number of nitrogens with zero attached hydrogens (tertiary/aromatic N) is 1. The number of carboxylic acid groups (broad SMARTS) is 1. The number of oxazole rings is 1. The molecular weight excluding hydrogens is 250 g/mol. The van der Waals surface area contributed by atoms with E-state index >= 15 is 0 Å². The van der Waals surface area contributed by atoms with Crippen molar-refractivity contribution in [1.82, 2.24) is 4.98 Å². The molecule has 19 heavy (non-hydrogen) atoms. The van der Waals surface area contributed by atoms with Crippen LogP contribution in [-0.4, -0.2) is 35.7 Å². The molecule has 0 aliphatic carbocycles. The minimum atomic E-state index is -1.01. The highest BCUT2D eigenvalue weighted by Gasteiger charge is 2.13. The molecule has 1 unspecified atom stereocenters. The van der Waals surface area contributed by atoms with Gasteiger partial charge in [0.1, 0.15) is 6.04 Å². The van der Waals surface area contributed by atoms with E-state index in [9.17, 15) is 9.59 Å². The number of nitrogens with two attached hydrogens (primary N) is 1. The third-order valence-electron chi connectivity index (χ3n) is 2.94. The Kier molecular flexibility index (Phi) is 3.57. The van der Waals surface area contributed by atoms with E-state index in [0.29, 0.717) is 24.1 Å². The van der Waals surface area contributed by atoms with E-state index in [2.05, 4.69) is 4.98 Å². The van der Waals surface area contributed by atoms with Crippen LogP contribution in [0.1, 0.15) is 6.42 Å². The van der Waals surface area contributed by atoms with Crippen LogP contribution in [0.15, 0.2) is 27.4 Å². The summed E-state index contributed by atoms with van der Waals surface area (Å²) in [5.74, 6) is -1.51. The summed E-state index contributed by atoms with van der Waals surface area (Å²) in [4.78, 5) is 26.1. The smallest absolute Gasteiger partial charge is 0.417 e. The first-order valence-electron chi connectivity index (χ1n) is 5.80. The fourth-order valence-corrected chi connectivity index (χ4v) is 1.76. The fourth-order valence-electron chi connectivity index (χ4n) is 1.76. The summed E-state index contributed by atoms with van der Waals surface area (Å²) in [7, 11) is 1.83. The molecule has 1 aromatic carbocycles. The number of carboxylic acids is 1. The Hall–Kier alpha value is -2.28. The average molecular weight is 265 g/mol. The van der Waals surface area contributed by atoms with Gasteiger partial charge in [0, 0.05) is 19.3 Å². The van der Waals surface area contributed by atoms with Crippen molar-refractivity contribution >= 4 is 22.8 Å². The number of aromatic amines is 1. The van der Waals surface area contributed by atoms with E-state index in [0.717, 1.165) is 5.69 Å². The zero-order valence-corrected chi connectivity index (χ0v) is 10.4. The number of rotatable bonds is 5. The van der Waals surface area contributed by atoms with Crippen molar-refractivity contribution < 1.29 is 14.3 Å². The van der Waals surface area contributed by atoms with Crippen molar-refractivity contribution in [2.45, 2.75) is 12.5 Å². The molecule has 1 heterocycles. The second-order valence-corrected chi connectivity index (χ2v) is 4.35. The van der Waals surface area contributed by atoms with Crippen molar-refractivity contribution in [3.05, 3.63) is 28.7 Å². The Labute approximate surface area is 108 Å². The van der Waals surface area contributed by atoms with Crippen LogP contribution in [-0.2, 0) is 4.79 Å². The lowest BCUT2D eigenvalue weighted by Crippen LogP contribution is -2.34. The zero-order chi connectivity index (χ0) is 14.0. The lowest BCUT2D eigenvalue weighted by molar-refractivity contribution is -0.138. The number of aromatic nitrogens is 1. The number of H-pyrrole nitrogens is 1. The zero-order valence-electron chi connectivity index (χ0n) is 10.4. The van der Waals surface area contributed by atoms with Gasteiger partial charge in [-0.25, -0.2) is 4.79 Å². The molecule has 0 radical (unpaired) electrons. The number of hydrogen-bond acceptors (Lipinski definition) is 5. The number of benzene rings is 1. The largest absolute Gasteiger partial charge is 0.480 e. The highest BCUT2D eigenvalue weighted by Crippen LogP contribution is 2.19. The van der Waals surface area contributed by atoms with Gasteiger partial charge >= 0.3 is 11.7 Å². The topological polar surface area (TPSA) is 113 Å². The van der Waals surface area contributed by atoms with E-state index in [4.69, 9.17) is 15.3 Å². The Bertz CT molecular complexity index is 646. The molecule has 0 aliphatic rings. The molecule has 0 saturated heterocycles. The van der Waals surface area contributed by atoms with Crippen LogP contribution in [0.4, 0.5) is 5.69 Å². The van der Waals surface area contributed by atoms with E-state index in [-0.39, 0.29) is 0 Å². The molecule has 0 bridgehead atoms. The second-order valence-electron chi connectivity index (χ2n) is 4.35. The van der Waals surface area contributed by atoms with Gasteiger partial charge in [0.15, 0.2) is 5.58 Å². The Morgan fingerprint density at radius 1 is 1.58 bits per heavy atom. The van der Waals surface area contributed by atoms with Gasteiger partial charge in [-0.05, 0) is 24.6 Å². The molecule has 0 saturated carbocycles. The van der Waals surface area contributed by atoms with Crippen molar-refractivity contribution in [2.75, 3.05) is 18.5 Å². The van der Waals surface area contributed by atoms with Crippen molar-refractivity contribution in [1.29, 1.82) is 0 Å². The highest BCUT2D eigenvalue weighted by atomic mass is 16.4. The Morgan fingerprint density at radius 2 is 2.32 bits per heavy atom. The Morgan fingerprint density at radius 3 is 3.00 bits per heavy atom. The van der Waals surface area contributed by atoms with E-state index in [1.807, 2.05) is 11.9 Å². The number of anilines is 1. The molecule has 0 aliphatic heterocycles. The summed E-state index contributed by atoms with van der Waals surface area (Å²) in [6, 6.07) is 4.38. The molecule has 1 aromatic heterocycles. The third-order valence-corrected chi connectivity index (χ3v) is 2.94. The van der Waals surface area contributed by atoms with E-state index in [1.54, 1.807) is 18.2 Å². The number of fused-ring (bicyclic) bond motifs is 1. The molecule has 102 valence electrons. The van der Waals surface area contributed by atoms with Crippen LogP contribution in [0.3, 0.4) is 0 Å². The van der Waals surface area contributed by atoms with Gasteiger partial charge in [-0.1, -0.05) is 0 Å². The van der Waals surface area contributed by atoms with Crippen molar-refractivity contribution in [3.8, 4) is 0 Å². The lowest BCUT2D eigenvalue weighted by atomic mass is 10.2. The van der Waals surface area contributed by atoms with Crippen LogP contribution in [0.2, 0.25) is 0 Å². The molecule has 7 heteroatoms. The molecule has 4 N–H and O–H groups in total. The van der Waals surface area contributed by atoms with Crippen LogP contribution in [0, 0.1) is 0 Å². The molecular formula is C12H15N3O4. The van der Waals surface area contributed by atoms with Gasteiger partial charge in [0.2, 0.25) is 0 Å². The maximum absolute atomic E-state index is 11.0. The maximum atomic E-state index is 11.0. The van der Waals surface area contributed by atoms with Crippen molar-refractivity contribution in [3.63, 3.8) is 0 Å². The first-order valence-corrected chi connectivity index (χ1v) is 5.80. The molecule has 0 spiro atoms. The fraction of sp³-hybridized carbons (Fsp3) is 0.333. The molecule has 2 aromatic rings. The molecule has 2 rings (SSSR count). The van der Waals surface area contributed by atoms with Gasteiger partial charge in [-0.15, -0.1) is 0 Å². The van der Waals surface area contributed by atoms with Gasteiger partial charge < -0.3 is 20.2 Å². The number of carbonyl (C=O) groups is 1. The molecule has 7 nitrogen and oxygen atoms in total. The van der Waals surface area contributed by atoms with Crippen LogP contribution in [0.5, 0.6) is 0 Å². The van der Waals surface area contributed by atoms with Crippen LogP contribution >= 0.6 is 0 Å². The molecule has 0 amide bonds. The first kappa shape index (κ1) is 13.2. The average Bonchev–Trinajstić information content (AvgIpc) is 2.74. The lowest BCUT2D eigenvalue weighted by Gasteiger charge is -2.20. The minimum absolute atomic E-state index is 0.339. The number of aliphatic carboxylic acids is 1. The summed E-state index contributed by atoms with van der Waals surface area (Å²) < 4.78 is 4.90. The SMILES string of the molecule is CN(CCC(N)C(=O)O)c1ccc2oc(=O)[nH]c2c1. The van der Waals surface area contributed by atoms with Gasteiger partial charge in [0.25, 0.3) is 0 Å². The predicted molar refractivity (Wildman–Crippen MR) is 70.3 cm³/mol. The second kappa shape index (κ2) is 5.15. The van der Waals surface area contributed by atoms with E-state index < -0.39 is 17.8 Å². The van der Waals surface area contributed by atoms with Crippen molar-refractivity contribution in [2.24, 2.45) is 5.73 Å². The van der Waals surface area contributed by atoms with Gasteiger partial charge in [0.05, 0.1) is 5.52 Å². The monoisotopic (exact) mass is 265 g/mol. The normalized spacial score (nSPS) is 12.5. The Balaban J connectivity index is 2.10. The summed E-state index contributed by atoms with van der Waals surface area (Å²) in [6.45, 7) is 0.501. The summed E-state index contributed by atoms with van der Waals surface area (Å²) in [6.07, 6.45) is 0.339. The summed E-state index contributed by atoms with van der Waals surface area (Å²) in [5, 5.41) is 8.71. The highest BCUT2D eigenvalue weighted by molar-refractivity contribution is 5.77. The molecule has 0 fully saturated rings. The third kappa shape index (κ3) is 2.94. The predicted octanol–water partition coefficient (Wildman–Crippen LogP) is 0.359. The summed E-state index contributed by atoms with van der Waals surface area (Å²) >= 11 is 0. The maximum Gasteiger partial charge on any atom is 0.417 e. The van der Waals surface area contributed by atoms with Gasteiger partial charge in [-0.2, -0.15) is 0 Å². The van der Waals surface area contributed by atoms with Gasteiger partial charge in [-0.3, -0.25) is 9.78 Å². The van der Waals surface area contributed by atoms with Crippen LogP contribution in [0.25, 0.3) is 11.1 Å². The standard InChI is InChI=1S/C12H15N3O4/c1-15(5-4-8(13)11(16)17)7-2-3-10-9(6-7)14-12(18)19-10/h2-3,6,8H,4-5,13H2,1H3,(H,14,18)(H,16,17). The number of hydrogen-bond donors (Lipinski definition) is 3. The minimum Gasteiger partial charge on any atom is -0.480 e. The quantitative estimate of drug-likeness (QED) is 0.719. The first-order chi connectivity index (χ1) is 8.97.